The maximum absolute atomic E-state index is 12.5. The quantitative estimate of drug-likeness (QED) is 0.560. The molecule has 0 spiro atoms. The van der Waals surface area contributed by atoms with Gasteiger partial charge in [0, 0.05) is 33.6 Å². The average Bonchev–Trinajstić information content (AvgIpc) is 3.28. The van der Waals surface area contributed by atoms with E-state index in [2.05, 4.69) is 26.1 Å². The number of carbonyl (C=O) groups is 1. The van der Waals surface area contributed by atoms with E-state index in [4.69, 9.17) is 4.52 Å². The Labute approximate surface area is 163 Å². The van der Waals surface area contributed by atoms with Gasteiger partial charge in [0.05, 0.1) is 5.92 Å². The molecule has 1 aliphatic rings. The third-order valence-corrected chi connectivity index (χ3v) is 5.58. The van der Waals surface area contributed by atoms with Crippen molar-refractivity contribution in [1.82, 2.24) is 10.1 Å². The van der Waals surface area contributed by atoms with Gasteiger partial charge >= 0.3 is 0 Å². The second-order valence-corrected chi connectivity index (χ2v) is 7.87. The SMILES string of the molecule is CSc1cccc(N2CC(c3nc(-c4cccc(Br)c4)no3)CC2=O)c1. The number of nitrogens with zero attached hydrogens (tertiary/aromatic N) is 3. The zero-order chi connectivity index (χ0) is 18.1. The Hall–Kier alpha value is -2.12. The molecule has 1 atom stereocenters. The van der Waals surface area contributed by atoms with Gasteiger partial charge < -0.3 is 9.42 Å². The standard InChI is InChI=1S/C19H16BrN3O2S/c1-26-16-7-3-6-15(10-16)23-11-13(9-17(23)24)19-21-18(22-25-19)12-4-2-5-14(20)8-12/h2-8,10,13H,9,11H2,1H3. The van der Waals surface area contributed by atoms with E-state index in [0.29, 0.717) is 24.7 Å². The van der Waals surface area contributed by atoms with Crippen molar-refractivity contribution < 1.29 is 9.32 Å². The highest BCUT2D eigenvalue weighted by Gasteiger charge is 2.35. The molecule has 2 heterocycles. The molecule has 3 aromatic rings. The number of thioether (sulfide) groups is 1. The highest BCUT2D eigenvalue weighted by Crippen LogP contribution is 2.33. The second kappa shape index (κ2) is 7.25. The van der Waals surface area contributed by atoms with Crippen LogP contribution in [-0.4, -0.2) is 28.8 Å². The molecule has 0 bridgehead atoms. The van der Waals surface area contributed by atoms with Gasteiger partial charge in [-0.15, -0.1) is 11.8 Å². The summed E-state index contributed by atoms with van der Waals surface area (Å²) in [6.45, 7) is 0.552. The first-order valence-corrected chi connectivity index (χ1v) is 10.2. The molecule has 0 radical (unpaired) electrons. The molecule has 5 nitrogen and oxygen atoms in total. The number of hydrogen-bond acceptors (Lipinski definition) is 5. The molecule has 1 fully saturated rings. The zero-order valence-corrected chi connectivity index (χ0v) is 16.5. The van der Waals surface area contributed by atoms with Gasteiger partial charge in [0.2, 0.25) is 17.6 Å². The Morgan fingerprint density at radius 1 is 1.23 bits per heavy atom. The summed E-state index contributed by atoms with van der Waals surface area (Å²) in [5.41, 5.74) is 1.79. The summed E-state index contributed by atoms with van der Waals surface area (Å²) in [7, 11) is 0. The molecule has 0 saturated carbocycles. The van der Waals surface area contributed by atoms with Gasteiger partial charge in [0.15, 0.2) is 0 Å². The Kier molecular flexibility index (Phi) is 4.82. The third kappa shape index (κ3) is 3.41. The lowest BCUT2D eigenvalue weighted by atomic mass is 10.1. The van der Waals surface area contributed by atoms with E-state index >= 15 is 0 Å². The van der Waals surface area contributed by atoms with Gasteiger partial charge in [-0.05, 0) is 36.6 Å². The average molecular weight is 430 g/mol. The minimum Gasteiger partial charge on any atom is -0.339 e. The number of anilines is 1. The Morgan fingerprint density at radius 3 is 2.88 bits per heavy atom. The zero-order valence-electron chi connectivity index (χ0n) is 14.1. The fourth-order valence-electron chi connectivity index (χ4n) is 3.05. The molecular weight excluding hydrogens is 414 g/mol. The van der Waals surface area contributed by atoms with Gasteiger partial charge in [-0.3, -0.25) is 4.79 Å². The van der Waals surface area contributed by atoms with Gasteiger partial charge in [0.25, 0.3) is 0 Å². The summed E-state index contributed by atoms with van der Waals surface area (Å²) >= 11 is 5.11. The van der Waals surface area contributed by atoms with Crippen molar-refractivity contribution in [2.45, 2.75) is 17.2 Å². The largest absolute Gasteiger partial charge is 0.339 e. The lowest BCUT2D eigenvalue weighted by molar-refractivity contribution is -0.117. The number of halogens is 1. The normalized spacial score (nSPS) is 17.1. The van der Waals surface area contributed by atoms with Crippen molar-refractivity contribution >= 4 is 39.3 Å². The fourth-order valence-corrected chi connectivity index (χ4v) is 3.90. The Morgan fingerprint density at radius 2 is 2.08 bits per heavy atom. The van der Waals surface area contributed by atoms with Crippen LogP contribution in [0.5, 0.6) is 0 Å². The number of hydrogen-bond donors (Lipinski definition) is 0. The van der Waals surface area contributed by atoms with Crippen LogP contribution in [0, 0.1) is 0 Å². The van der Waals surface area contributed by atoms with Crippen molar-refractivity contribution in [3.05, 3.63) is 58.9 Å². The second-order valence-electron chi connectivity index (χ2n) is 6.07. The molecule has 1 saturated heterocycles. The van der Waals surface area contributed by atoms with Crippen LogP contribution < -0.4 is 4.90 Å². The number of rotatable bonds is 4. The summed E-state index contributed by atoms with van der Waals surface area (Å²) in [5.74, 6) is 1.04. The van der Waals surface area contributed by atoms with Gasteiger partial charge in [-0.1, -0.05) is 39.3 Å². The van der Waals surface area contributed by atoms with E-state index in [9.17, 15) is 4.79 Å². The molecule has 7 heteroatoms. The Bertz CT molecular complexity index is 959. The molecule has 1 unspecified atom stereocenters. The number of benzene rings is 2. The predicted octanol–water partition coefficient (Wildman–Crippen LogP) is 4.74. The third-order valence-electron chi connectivity index (χ3n) is 4.36. The summed E-state index contributed by atoms with van der Waals surface area (Å²) in [6.07, 6.45) is 2.40. The van der Waals surface area contributed by atoms with Crippen LogP contribution in [0.25, 0.3) is 11.4 Å². The molecule has 0 N–H and O–H groups in total. The number of carbonyl (C=O) groups excluding carboxylic acids is 1. The predicted molar refractivity (Wildman–Crippen MR) is 105 cm³/mol. The molecule has 2 aromatic carbocycles. The van der Waals surface area contributed by atoms with Crippen LogP contribution >= 0.6 is 27.7 Å². The minimum absolute atomic E-state index is 0.0791. The lowest BCUT2D eigenvalue weighted by Crippen LogP contribution is -2.24. The molecular formula is C19H16BrN3O2S. The summed E-state index contributed by atoms with van der Waals surface area (Å²) in [4.78, 5) is 20.0. The van der Waals surface area contributed by atoms with Crippen molar-refractivity contribution in [3.8, 4) is 11.4 Å². The monoisotopic (exact) mass is 429 g/mol. The van der Waals surface area contributed by atoms with Crippen LogP contribution in [-0.2, 0) is 4.79 Å². The van der Waals surface area contributed by atoms with Crippen molar-refractivity contribution in [2.75, 3.05) is 17.7 Å². The fraction of sp³-hybridized carbons (Fsp3) is 0.211. The molecule has 0 aliphatic carbocycles. The molecule has 1 aromatic heterocycles. The van der Waals surface area contributed by atoms with Gasteiger partial charge in [-0.25, -0.2) is 0 Å². The van der Waals surface area contributed by atoms with E-state index in [1.54, 1.807) is 16.7 Å². The van der Waals surface area contributed by atoms with Crippen molar-refractivity contribution in [3.63, 3.8) is 0 Å². The smallest absolute Gasteiger partial charge is 0.232 e. The first-order valence-electron chi connectivity index (χ1n) is 8.18. The Balaban J connectivity index is 1.56. The van der Waals surface area contributed by atoms with Crippen LogP contribution in [0.1, 0.15) is 18.2 Å². The number of aromatic nitrogens is 2. The molecule has 4 rings (SSSR count). The van der Waals surface area contributed by atoms with E-state index in [0.717, 1.165) is 20.6 Å². The molecule has 132 valence electrons. The van der Waals surface area contributed by atoms with Crippen LogP contribution in [0.15, 0.2) is 62.4 Å². The summed E-state index contributed by atoms with van der Waals surface area (Å²) in [6, 6.07) is 15.7. The van der Waals surface area contributed by atoms with E-state index in [1.807, 2.05) is 54.8 Å². The van der Waals surface area contributed by atoms with Crippen molar-refractivity contribution in [2.24, 2.45) is 0 Å². The molecule has 1 amide bonds. The highest BCUT2D eigenvalue weighted by molar-refractivity contribution is 9.10. The first-order chi connectivity index (χ1) is 12.6. The number of amides is 1. The van der Waals surface area contributed by atoms with Crippen LogP contribution in [0.3, 0.4) is 0 Å². The lowest BCUT2D eigenvalue weighted by Gasteiger charge is -2.16. The van der Waals surface area contributed by atoms with E-state index in [-0.39, 0.29) is 11.8 Å². The van der Waals surface area contributed by atoms with E-state index < -0.39 is 0 Å². The first kappa shape index (κ1) is 17.3. The maximum atomic E-state index is 12.5. The maximum Gasteiger partial charge on any atom is 0.232 e. The summed E-state index contributed by atoms with van der Waals surface area (Å²) in [5, 5.41) is 4.08. The minimum atomic E-state index is -0.0890. The van der Waals surface area contributed by atoms with Crippen LogP contribution in [0.2, 0.25) is 0 Å². The van der Waals surface area contributed by atoms with E-state index in [1.165, 1.54) is 0 Å². The molecule has 26 heavy (non-hydrogen) atoms. The molecule has 1 aliphatic heterocycles. The highest BCUT2D eigenvalue weighted by atomic mass is 79.9. The topological polar surface area (TPSA) is 59.2 Å². The van der Waals surface area contributed by atoms with Crippen LogP contribution in [0.4, 0.5) is 5.69 Å². The van der Waals surface area contributed by atoms with Crippen molar-refractivity contribution in [1.29, 1.82) is 0 Å². The van der Waals surface area contributed by atoms with Gasteiger partial charge in [-0.2, -0.15) is 4.98 Å². The summed E-state index contributed by atoms with van der Waals surface area (Å²) < 4.78 is 6.42. The van der Waals surface area contributed by atoms with Gasteiger partial charge in [0.1, 0.15) is 0 Å².